The topological polar surface area (TPSA) is 21.3 Å². The van der Waals surface area contributed by atoms with Gasteiger partial charge >= 0.3 is 0 Å². The van der Waals surface area contributed by atoms with Crippen molar-refractivity contribution in [1.29, 1.82) is 0 Å². The van der Waals surface area contributed by atoms with Crippen LogP contribution in [0.4, 0.5) is 0 Å². The minimum absolute atomic E-state index is 0.733. The van der Waals surface area contributed by atoms with E-state index in [-0.39, 0.29) is 0 Å². The number of benzene rings is 1. The lowest BCUT2D eigenvalue weighted by molar-refractivity contribution is 0.185. The lowest BCUT2D eigenvalue weighted by Crippen LogP contribution is -2.25. The summed E-state index contributed by atoms with van der Waals surface area (Å²) in [5.41, 5.74) is 2.76. The molecule has 1 saturated heterocycles. The normalized spacial score (nSPS) is 19.3. The van der Waals surface area contributed by atoms with Gasteiger partial charge in [0.1, 0.15) is 0 Å². The number of nitrogens with one attached hydrogen (secondary N) is 1. The van der Waals surface area contributed by atoms with Crippen LogP contribution < -0.4 is 5.32 Å². The zero-order valence-corrected chi connectivity index (χ0v) is 12.2. The second-order valence-electron chi connectivity index (χ2n) is 5.03. The van der Waals surface area contributed by atoms with Gasteiger partial charge in [-0.3, -0.25) is 0 Å². The molecular formula is C15H23NOS. The van der Waals surface area contributed by atoms with E-state index in [1.54, 1.807) is 0 Å². The molecule has 0 aliphatic carbocycles. The van der Waals surface area contributed by atoms with Crippen LogP contribution >= 0.6 is 11.8 Å². The molecule has 1 aromatic carbocycles. The Kier molecular flexibility index (Phi) is 5.54. The van der Waals surface area contributed by atoms with Gasteiger partial charge in [0, 0.05) is 30.3 Å². The Morgan fingerprint density at radius 3 is 2.94 bits per heavy atom. The molecule has 2 rings (SSSR count). The minimum atomic E-state index is 0.733. The molecule has 1 heterocycles. The van der Waals surface area contributed by atoms with Crippen LogP contribution in [0.15, 0.2) is 23.1 Å². The third kappa shape index (κ3) is 4.30. The van der Waals surface area contributed by atoms with Crippen molar-refractivity contribution in [1.82, 2.24) is 5.32 Å². The summed E-state index contributed by atoms with van der Waals surface area (Å²) >= 11 is 1.93. The highest BCUT2D eigenvalue weighted by Gasteiger charge is 2.14. The summed E-state index contributed by atoms with van der Waals surface area (Å²) in [6, 6.07) is 6.71. The van der Waals surface area contributed by atoms with Crippen LogP contribution in [0.2, 0.25) is 0 Å². The van der Waals surface area contributed by atoms with Gasteiger partial charge in [0.15, 0.2) is 0 Å². The van der Waals surface area contributed by atoms with Crippen LogP contribution in [0, 0.1) is 19.8 Å². The van der Waals surface area contributed by atoms with Gasteiger partial charge in [-0.1, -0.05) is 6.07 Å². The molecule has 0 amide bonds. The molecule has 1 aliphatic rings. The van der Waals surface area contributed by atoms with Crippen molar-refractivity contribution in [3.8, 4) is 0 Å². The largest absolute Gasteiger partial charge is 0.381 e. The second-order valence-corrected chi connectivity index (χ2v) is 6.20. The van der Waals surface area contributed by atoms with E-state index < -0.39 is 0 Å². The molecule has 1 fully saturated rings. The van der Waals surface area contributed by atoms with Crippen molar-refractivity contribution in [2.24, 2.45) is 5.92 Å². The van der Waals surface area contributed by atoms with E-state index in [2.05, 4.69) is 37.4 Å². The van der Waals surface area contributed by atoms with E-state index in [1.165, 1.54) is 22.4 Å². The van der Waals surface area contributed by atoms with Gasteiger partial charge in [-0.05, 0) is 49.4 Å². The summed E-state index contributed by atoms with van der Waals surface area (Å²) in [6.07, 6.45) is 1.22. The zero-order chi connectivity index (χ0) is 12.8. The highest BCUT2D eigenvalue weighted by atomic mass is 32.2. The van der Waals surface area contributed by atoms with E-state index >= 15 is 0 Å². The molecule has 3 heteroatoms. The highest BCUT2D eigenvalue weighted by Crippen LogP contribution is 2.20. The maximum absolute atomic E-state index is 5.36. The number of thioether (sulfide) groups is 1. The fourth-order valence-corrected chi connectivity index (χ4v) is 3.00. The molecule has 0 aromatic heterocycles. The quantitative estimate of drug-likeness (QED) is 0.631. The highest BCUT2D eigenvalue weighted by molar-refractivity contribution is 7.99. The monoisotopic (exact) mass is 265 g/mol. The number of ether oxygens (including phenoxy) is 1. The summed E-state index contributed by atoms with van der Waals surface area (Å²) < 4.78 is 5.36. The smallest absolute Gasteiger partial charge is 0.0507 e. The molecular weight excluding hydrogens is 242 g/mol. The van der Waals surface area contributed by atoms with Gasteiger partial charge in [0.2, 0.25) is 0 Å². The fourth-order valence-electron chi connectivity index (χ4n) is 2.10. The van der Waals surface area contributed by atoms with Crippen LogP contribution in [0.5, 0.6) is 0 Å². The fraction of sp³-hybridized carbons (Fsp3) is 0.600. The van der Waals surface area contributed by atoms with Crippen LogP contribution in [0.1, 0.15) is 17.5 Å². The van der Waals surface area contributed by atoms with E-state index in [0.29, 0.717) is 0 Å². The molecule has 0 radical (unpaired) electrons. The van der Waals surface area contributed by atoms with Crippen LogP contribution in [-0.2, 0) is 4.74 Å². The Hall–Kier alpha value is -0.510. The first-order valence-corrected chi connectivity index (χ1v) is 7.73. The average molecular weight is 265 g/mol. The van der Waals surface area contributed by atoms with E-state index in [4.69, 9.17) is 4.74 Å². The predicted octanol–water partition coefficient (Wildman–Crippen LogP) is 3.02. The average Bonchev–Trinajstić information content (AvgIpc) is 2.86. The molecule has 0 bridgehead atoms. The first kappa shape index (κ1) is 13.9. The predicted molar refractivity (Wildman–Crippen MR) is 78.4 cm³/mol. The Morgan fingerprint density at radius 1 is 1.33 bits per heavy atom. The first-order chi connectivity index (χ1) is 8.75. The molecule has 0 saturated carbocycles. The summed E-state index contributed by atoms with van der Waals surface area (Å²) in [5.74, 6) is 1.87. The lowest BCUT2D eigenvalue weighted by atomic mass is 10.1. The molecule has 0 spiro atoms. The lowest BCUT2D eigenvalue weighted by Gasteiger charge is -2.09. The SMILES string of the molecule is Cc1ccc(SCCNCC2CCOC2)cc1C. The summed E-state index contributed by atoms with van der Waals surface area (Å²) in [5, 5.41) is 3.52. The Balaban J connectivity index is 1.61. The van der Waals surface area contributed by atoms with Gasteiger partial charge in [-0.15, -0.1) is 11.8 Å². The van der Waals surface area contributed by atoms with E-state index in [0.717, 1.165) is 38.0 Å². The molecule has 1 atom stereocenters. The summed E-state index contributed by atoms with van der Waals surface area (Å²) in [6.45, 7) is 8.41. The molecule has 18 heavy (non-hydrogen) atoms. The molecule has 1 unspecified atom stereocenters. The maximum atomic E-state index is 5.36. The standard InChI is InChI=1S/C15H23NOS/c1-12-3-4-15(9-13(12)2)18-8-6-16-10-14-5-7-17-11-14/h3-4,9,14,16H,5-8,10-11H2,1-2H3. The molecule has 1 aromatic rings. The van der Waals surface area contributed by atoms with Crippen LogP contribution in [-0.4, -0.2) is 32.1 Å². The third-order valence-electron chi connectivity index (χ3n) is 3.48. The van der Waals surface area contributed by atoms with E-state index in [1.807, 2.05) is 11.8 Å². The number of hydrogen-bond acceptors (Lipinski definition) is 3. The van der Waals surface area contributed by atoms with Gasteiger partial charge in [0.25, 0.3) is 0 Å². The van der Waals surface area contributed by atoms with Gasteiger partial charge in [-0.25, -0.2) is 0 Å². The van der Waals surface area contributed by atoms with Crippen molar-refractivity contribution in [2.75, 3.05) is 32.1 Å². The maximum Gasteiger partial charge on any atom is 0.0507 e. The van der Waals surface area contributed by atoms with Crippen molar-refractivity contribution < 1.29 is 4.74 Å². The van der Waals surface area contributed by atoms with Gasteiger partial charge in [0.05, 0.1) is 6.61 Å². The van der Waals surface area contributed by atoms with E-state index in [9.17, 15) is 0 Å². The number of aryl methyl sites for hydroxylation is 2. The Labute approximate surface area is 114 Å². The third-order valence-corrected chi connectivity index (χ3v) is 4.48. The minimum Gasteiger partial charge on any atom is -0.381 e. The number of hydrogen-bond donors (Lipinski definition) is 1. The molecule has 1 aliphatic heterocycles. The second kappa shape index (κ2) is 7.17. The zero-order valence-electron chi connectivity index (χ0n) is 11.4. The summed E-state index contributed by atoms with van der Waals surface area (Å²) in [4.78, 5) is 1.38. The van der Waals surface area contributed by atoms with Gasteiger partial charge < -0.3 is 10.1 Å². The van der Waals surface area contributed by atoms with Crippen molar-refractivity contribution in [3.63, 3.8) is 0 Å². The van der Waals surface area contributed by atoms with Crippen LogP contribution in [0.25, 0.3) is 0 Å². The molecule has 1 N–H and O–H groups in total. The van der Waals surface area contributed by atoms with Crippen molar-refractivity contribution in [3.05, 3.63) is 29.3 Å². The molecule has 100 valence electrons. The Bertz CT molecular complexity index is 375. The molecule has 2 nitrogen and oxygen atoms in total. The Morgan fingerprint density at radius 2 is 2.22 bits per heavy atom. The summed E-state index contributed by atoms with van der Waals surface area (Å²) in [7, 11) is 0. The van der Waals surface area contributed by atoms with Crippen molar-refractivity contribution >= 4 is 11.8 Å². The first-order valence-electron chi connectivity index (χ1n) is 6.74. The van der Waals surface area contributed by atoms with Crippen LogP contribution in [0.3, 0.4) is 0 Å². The number of rotatable bonds is 6. The van der Waals surface area contributed by atoms with Crippen molar-refractivity contribution in [2.45, 2.75) is 25.2 Å². The van der Waals surface area contributed by atoms with Gasteiger partial charge in [-0.2, -0.15) is 0 Å².